The molecule has 0 aliphatic heterocycles. The molecule has 2 aromatic rings. The van der Waals surface area contributed by atoms with Crippen LogP contribution in [0.4, 0.5) is 0 Å². The number of carbonyl (C=O) groups excluding carboxylic acids is 1. The Kier molecular flexibility index (Phi) is 2.91. The van der Waals surface area contributed by atoms with E-state index < -0.39 is 0 Å². The number of halogens is 2. The molecule has 0 amide bonds. The third-order valence-electron chi connectivity index (χ3n) is 1.96. The highest BCUT2D eigenvalue weighted by molar-refractivity contribution is 9.11. The maximum atomic E-state index is 10.9. The van der Waals surface area contributed by atoms with Gasteiger partial charge in [0.2, 0.25) is 5.24 Å². The first kappa shape index (κ1) is 10.1. The van der Waals surface area contributed by atoms with Crippen molar-refractivity contribution in [2.45, 2.75) is 6.42 Å². The summed E-state index contributed by atoms with van der Waals surface area (Å²) in [6.45, 7) is 0. The number of thiophene rings is 1. The number of carbonyl (C=O) groups is 1. The summed E-state index contributed by atoms with van der Waals surface area (Å²) in [5, 5.41) is 0.785. The molecular formula is C10H6BrClOS. The van der Waals surface area contributed by atoms with Crippen LogP contribution in [0.1, 0.15) is 5.56 Å². The van der Waals surface area contributed by atoms with Gasteiger partial charge in [-0.15, -0.1) is 11.3 Å². The average Bonchev–Trinajstić information content (AvgIpc) is 2.43. The third kappa shape index (κ3) is 1.85. The molecular weight excluding hydrogens is 284 g/mol. The van der Waals surface area contributed by atoms with Crippen LogP contribution < -0.4 is 0 Å². The van der Waals surface area contributed by atoms with E-state index in [4.69, 9.17) is 11.6 Å². The van der Waals surface area contributed by atoms with Crippen molar-refractivity contribution < 1.29 is 4.79 Å². The summed E-state index contributed by atoms with van der Waals surface area (Å²) >= 11 is 10.5. The molecule has 2 rings (SSSR count). The van der Waals surface area contributed by atoms with Crippen molar-refractivity contribution >= 4 is 54.2 Å². The molecule has 0 bridgehead atoms. The zero-order valence-electron chi connectivity index (χ0n) is 7.09. The Bertz CT molecular complexity index is 492. The highest BCUT2D eigenvalue weighted by atomic mass is 79.9. The lowest BCUT2D eigenvalue weighted by Gasteiger charge is -1.94. The van der Waals surface area contributed by atoms with E-state index in [1.807, 2.05) is 24.3 Å². The summed E-state index contributed by atoms with van der Waals surface area (Å²) in [6, 6.07) is 7.99. The largest absolute Gasteiger partial charge is 0.281 e. The number of hydrogen-bond acceptors (Lipinski definition) is 2. The molecule has 0 fully saturated rings. The fourth-order valence-corrected chi connectivity index (χ4v) is 3.33. The number of hydrogen-bond donors (Lipinski definition) is 0. The van der Waals surface area contributed by atoms with Crippen LogP contribution in [0.15, 0.2) is 28.1 Å². The Morgan fingerprint density at radius 3 is 2.86 bits per heavy atom. The van der Waals surface area contributed by atoms with Crippen LogP contribution in [0.2, 0.25) is 0 Å². The van der Waals surface area contributed by atoms with Gasteiger partial charge in [0.25, 0.3) is 0 Å². The molecule has 1 aromatic heterocycles. The summed E-state index contributed by atoms with van der Waals surface area (Å²) in [6.07, 6.45) is 0.284. The van der Waals surface area contributed by atoms with Crippen LogP contribution in [0, 0.1) is 0 Å². The molecule has 0 radical (unpaired) electrons. The zero-order valence-corrected chi connectivity index (χ0v) is 10.2. The molecule has 14 heavy (non-hydrogen) atoms. The third-order valence-corrected chi connectivity index (χ3v) is 4.06. The summed E-state index contributed by atoms with van der Waals surface area (Å²) in [5.41, 5.74) is 0.991. The topological polar surface area (TPSA) is 17.1 Å². The normalized spacial score (nSPS) is 10.7. The minimum Gasteiger partial charge on any atom is -0.281 e. The van der Waals surface area contributed by atoms with Crippen LogP contribution in [-0.2, 0) is 11.2 Å². The van der Waals surface area contributed by atoms with E-state index in [9.17, 15) is 4.79 Å². The summed E-state index contributed by atoms with van der Waals surface area (Å²) < 4.78 is 2.17. The van der Waals surface area contributed by atoms with Crippen LogP contribution in [0.25, 0.3) is 10.1 Å². The predicted molar refractivity (Wildman–Crippen MR) is 64.1 cm³/mol. The van der Waals surface area contributed by atoms with E-state index >= 15 is 0 Å². The molecule has 4 heteroatoms. The van der Waals surface area contributed by atoms with E-state index in [0.29, 0.717) is 0 Å². The Balaban J connectivity index is 2.62. The van der Waals surface area contributed by atoms with E-state index in [-0.39, 0.29) is 11.7 Å². The Hall–Kier alpha value is -0.380. The Morgan fingerprint density at radius 2 is 2.14 bits per heavy atom. The molecule has 0 saturated carbocycles. The SMILES string of the molecule is O=C(Cl)Cc1c(Br)sc2ccccc12. The van der Waals surface area contributed by atoms with Gasteiger partial charge in [-0.05, 0) is 44.5 Å². The van der Waals surface area contributed by atoms with E-state index in [1.165, 1.54) is 4.70 Å². The van der Waals surface area contributed by atoms with Crippen molar-refractivity contribution in [3.05, 3.63) is 33.6 Å². The van der Waals surface area contributed by atoms with Gasteiger partial charge >= 0.3 is 0 Å². The number of rotatable bonds is 2. The van der Waals surface area contributed by atoms with Gasteiger partial charge in [0.05, 0.1) is 3.79 Å². The predicted octanol–water partition coefficient (Wildman–Crippen LogP) is 3.97. The molecule has 0 saturated heterocycles. The monoisotopic (exact) mass is 288 g/mol. The van der Waals surface area contributed by atoms with Crippen LogP contribution in [0.3, 0.4) is 0 Å². The Morgan fingerprint density at radius 1 is 1.43 bits per heavy atom. The van der Waals surface area contributed by atoms with Crippen molar-refractivity contribution in [1.29, 1.82) is 0 Å². The van der Waals surface area contributed by atoms with Gasteiger partial charge in [0.1, 0.15) is 0 Å². The molecule has 0 N–H and O–H groups in total. The molecule has 0 spiro atoms. The van der Waals surface area contributed by atoms with Crippen LogP contribution >= 0.6 is 38.9 Å². The zero-order chi connectivity index (χ0) is 10.1. The minimum atomic E-state index is -0.325. The first-order valence-electron chi connectivity index (χ1n) is 4.02. The van der Waals surface area contributed by atoms with E-state index in [1.54, 1.807) is 11.3 Å². The van der Waals surface area contributed by atoms with Crippen molar-refractivity contribution in [2.24, 2.45) is 0 Å². The molecule has 1 heterocycles. The number of fused-ring (bicyclic) bond motifs is 1. The first-order valence-corrected chi connectivity index (χ1v) is 6.01. The molecule has 1 nitrogen and oxygen atoms in total. The van der Waals surface area contributed by atoms with Crippen molar-refractivity contribution in [3.8, 4) is 0 Å². The van der Waals surface area contributed by atoms with Crippen molar-refractivity contribution in [1.82, 2.24) is 0 Å². The second kappa shape index (κ2) is 4.01. The van der Waals surface area contributed by atoms with Gasteiger partial charge in [0, 0.05) is 11.1 Å². The highest BCUT2D eigenvalue weighted by Crippen LogP contribution is 2.35. The summed E-state index contributed by atoms with van der Waals surface area (Å²) in [5.74, 6) is 0. The molecule has 0 aliphatic rings. The van der Waals surface area contributed by atoms with Gasteiger partial charge < -0.3 is 0 Å². The summed E-state index contributed by atoms with van der Waals surface area (Å²) in [7, 11) is 0. The second-order valence-corrected chi connectivity index (χ2v) is 5.67. The molecule has 0 atom stereocenters. The fraction of sp³-hybridized carbons (Fsp3) is 0.100. The molecule has 0 aliphatic carbocycles. The van der Waals surface area contributed by atoms with E-state index in [0.717, 1.165) is 14.7 Å². The van der Waals surface area contributed by atoms with Gasteiger partial charge in [-0.3, -0.25) is 4.79 Å². The van der Waals surface area contributed by atoms with E-state index in [2.05, 4.69) is 15.9 Å². The lowest BCUT2D eigenvalue weighted by Crippen LogP contribution is -1.92. The Labute approximate surface area is 98.8 Å². The smallest absolute Gasteiger partial charge is 0.226 e. The van der Waals surface area contributed by atoms with Crippen molar-refractivity contribution in [2.75, 3.05) is 0 Å². The quantitative estimate of drug-likeness (QED) is 0.765. The number of benzene rings is 1. The lowest BCUT2D eigenvalue weighted by atomic mass is 10.1. The average molecular weight is 290 g/mol. The first-order chi connectivity index (χ1) is 6.68. The van der Waals surface area contributed by atoms with Gasteiger partial charge in [0.15, 0.2) is 0 Å². The van der Waals surface area contributed by atoms with Crippen molar-refractivity contribution in [3.63, 3.8) is 0 Å². The standard InChI is InChI=1S/C10H6BrClOS/c11-10-7(5-9(12)13)6-3-1-2-4-8(6)14-10/h1-4H,5H2. The van der Waals surface area contributed by atoms with Gasteiger partial charge in [-0.2, -0.15) is 0 Å². The maximum Gasteiger partial charge on any atom is 0.226 e. The van der Waals surface area contributed by atoms with Gasteiger partial charge in [-0.25, -0.2) is 0 Å². The molecule has 1 aromatic carbocycles. The molecule has 0 unspecified atom stereocenters. The second-order valence-electron chi connectivity index (χ2n) is 2.88. The van der Waals surface area contributed by atoms with Gasteiger partial charge in [-0.1, -0.05) is 18.2 Å². The fourth-order valence-electron chi connectivity index (χ4n) is 1.37. The maximum absolute atomic E-state index is 10.9. The summed E-state index contributed by atoms with van der Waals surface area (Å²) in [4.78, 5) is 10.9. The van der Waals surface area contributed by atoms with Crippen LogP contribution in [0.5, 0.6) is 0 Å². The lowest BCUT2D eigenvalue weighted by molar-refractivity contribution is -0.111. The minimum absolute atomic E-state index is 0.284. The van der Waals surface area contributed by atoms with Crippen LogP contribution in [-0.4, -0.2) is 5.24 Å². The molecule has 72 valence electrons. The highest BCUT2D eigenvalue weighted by Gasteiger charge is 2.11.